The van der Waals surface area contributed by atoms with Gasteiger partial charge in [-0.2, -0.15) is 0 Å². The van der Waals surface area contributed by atoms with Crippen LogP contribution < -0.4 is 10.6 Å². The fraction of sp³-hybridized carbons (Fsp3) is 0.769. The van der Waals surface area contributed by atoms with E-state index in [2.05, 4.69) is 10.6 Å². The van der Waals surface area contributed by atoms with E-state index in [-0.39, 0.29) is 18.4 Å². The van der Waals surface area contributed by atoms with E-state index in [4.69, 9.17) is 5.11 Å². The number of rotatable bonds is 7. The predicted octanol–water partition coefficient (Wildman–Crippen LogP) is -0.0159. The van der Waals surface area contributed by atoms with E-state index in [9.17, 15) is 14.4 Å². The summed E-state index contributed by atoms with van der Waals surface area (Å²) in [6.45, 7) is 5.28. The van der Waals surface area contributed by atoms with Gasteiger partial charge in [-0.25, -0.2) is 4.79 Å². The lowest BCUT2D eigenvalue weighted by Gasteiger charge is -2.19. The maximum Gasteiger partial charge on any atom is 0.325 e. The van der Waals surface area contributed by atoms with Gasteiger partial charge in [0, 0.05) is 6.54 Å². The number of nitrogens with one attached hydrogen (secondary N) is 2. The molecule has 1 rings (SSSR count). The number of aliphatic hydroxyl groups is 1. The molecule has 0 aliphatic carbocycles. The van der Waals surface area contributed by atoms with Gasteiger partial charge in [0.15, 0.2) is 0 Å². The van der Waals surface area contributed by atoms with Crippen LogP contribution in [-0.2, 0) is 9.59 Å². The van der Waals surface area contributed by atoms with E-state index < -0.39 is 17.7 Å². The molecule has 2 atom stereocenters. The summed E-state index contributed by atoms with van der Waals surface area (Å²) in [4.78, 5) is 36.4. The highest BCUT2D eigenvalue weighted by molar-refractivity contribution is 6.08. The lowest BCUT2D eigenvalue weighted by molar-refractivity contribution is -0.134. The second-order valence-corrected chi connectivity index (χ2v) is 5.35. The van der Waals surface area contributed by atoms with Crippen LogP contribution in [0.4, 0.5) is 4.79 Å². The van der Waals surface area contributed by atoms with Crippen molar-refractivity contribution in [3.63, 3.8) is 0 Å². The van der Waals surface area contributed by atoms with Crippen molar-refractivity contribution >= 4 is 17.8 Å². The monoisotopic (exact) mass is 285 g/mol. The normalized spacial score (nSPS) is 23.7. The molecule has 0 aromatic heterocycles. The Balaban J connectivity index is 2.42. The van der Waals surface area contributed by atoms with Crippen LogP contribution in [0.15, 0.2) is 0 Å². The van der Waals surface area contributed by atoms with Crippen LogP contribution in [0, 0.1) is 0 Å². The molecule has 0 aromatic rings. The average Bonchev–Trinajstić information content (AvgIpc) is 2.59. The molecule has 1 saturated heterocycles. The molecule has 0 spiro atoms. The number of nitrogens with zero attached hydrogens (tertiary/aromatic N) is 1. The molecular weight excluding hydrogens is 262 g/mol. The summed E-state index contributed by atoms with van der Waals surface area (Å²) in [5, 5.41) is 14.3. The Hall–Kier alpha value is -1.63. The van der Waals surface area contributed by atoms with Crippen molar-refractivity contribution in [2.24, 2.45) is 0 Å². The topological polar surface area (TPSA) is 98.7 Å². The van der Waals surface area contributed by atoms with Gasteiger partial charge in [0.05, 0.1) is 6.10 Å². The molecule has 7 heteroatoms. The SMILES string of the molecule is CCC1(C)NC(=O)N(CC(=O)NCCCC(C)O)C1=O. The Labute approximate surface area is 118 Å². The highest BCUT2D eigenvalue weighted by atomic mass is 16.3. The van der Waals surface area contributed by atoms with Crippen molar-refractivity contribution in [1.82, 2.24) is 15.5 Å². The number of hydrogen-bond donors (Lipinski definition) is 3. The standard InChI is InChI=1S/C13H23N3O4/c1-4-13(3)11(19)16(12(20)15-13)8-10(18)14-7-5-6-9(2)17/h9,17H,4-8H2,1-3H3,(H,14,18)(H,15,20). The molecule has 20 heavy (non-hydrogen) atoms. The van der Waals surface area contributed by atoms with Crippen LogP contribution in [0.1, 0.15) is 40.0 Å². The molecule has 1 aliphatic rings. The molecule has 0 radical (unpaired) electrons. The predicted molar refractivity (Wildman–Crippen MR) is 72.9 cm³/mol. The summed E-state index contributed by atoms with van der Waals surface area (Å²) in [6.07, 6.45) is 1.32. The minimum Gasteiger partial charge on any atom is -0.393 e. The molecule has 0 aromatic carbocycles. The van der Waals surface area contributed by atoms with Gasteiger partial charge in [-0.3, -0.25) is 14.5 Å². The molecule has 4 amide bonds. The molecule has 0 bridgehead atoms. The quantitative estimate of drug-likeness (QED) is 0.452. The van der Waals surface area contributed by atoms with E-state index in [1.165, 1.54) is 0 Å². The molecule has 3 N–H and O–H groups in total. The number of hydrogen-bond acceptors (Lipinski definition) is 4. The van der Waals surface area contributed by atoms with Crippen LogP contribution in [-0.4, -0.2) is 52.6 Å². The zero-order chi connectivity index (χ0) is 15.3. The number of urea groups is 1. The smallest absolute Gasteiger partial charge is 0.325 e. The van der Waals surface area contributed by atoms with E-state index in [1.807, 2.05) is 0 Å². The largest absolute Gasteiger partial charge is 0.393 e. The summed E-state index contributed by atoms with van der Waals surface area (Å²) in [5.74, 6) is -0.747. The van der Waals surface area contributed by atoms with Gasteiger partial charge >= 0.3 is 6.03 Å². The Morgan fingerprint density at radius 2 is 2.15 bits per heavy atom. The Morgan fingerprint density at radius 3 is 2.65 bits per heavy atom. The van der Waals surface area contributed by atoms with Gasteiger partial charge in [0.1, 0.15) is 12.1 Å². The second kappa shape index (κ2) is 6.69. The van der Waals surface area contributed by atoms with Gasteiger partial charge in [-0.15, -0.1) is 0 Å². The van der Waals surface area contributed by atoms with Crippen LogP contribution in [0.2, 0.25) is 0 Å². The molecule has 114 valence electrons. The molecular formula is C13H23N3O4. The number of amides is 4. The van der Waals surface area contributed by atoms with Gasteiger partial charge < -0.3 is 15.7 Å². The highest BCUT2D eigenvalue weighted by Crippen LogP contribution is 2.20. The van der Waals surface area contributed by atoms with E-state index in [0.29, 0.717) is 25.8 Å². The van der Waals surface area contributed by atoms with Crippen molar-refractivity contribution in [2.45, 2.75) is 51.7 Å². The maximum absolute atomic E-state index is 12.1. The summed E-state index contributed by atoms with van der Waals surface area (Å²) in [5.41, 5.74) is -0.913. The molecule has 1 fully saturated rings. The van der Waals surface area contributed by atoms with Crippen LogP contribution >= 0.6 is 0 Å². The van der Waals surface area contributed by atoms with E-state index >= 15 is 0 Å². The second-order valence-electron chi connectivity index (χ2n) is 5.35. The van der Waals surface area contributed by atoms with Gasteiger partial charge in [-0.05, 0) is 33.1 Å². The average molecular weight is 285 g/mol. The van der Waals surface area contributed by atoms with Gasteiger partial charge in [-0.1, -0.05) is 6.92 Å². The van der Waals surface area contributed by atoms with Crippen molar-refractivity contribution < 1.29 is 19.5 Å². The first kappa shape index (κ1) is 16.4. The van der Waals surface area contributed by atoms with Crippen molar-refractivity contribution in [1.29, 1.82) is 0 Å². The highest BCUT2D eigenvalue weighted by Gasteiger charge is 2.46. The number of aliphatic hydroxyl groups excluding tert-OH is 1. The van der Waals surface area contributed by atoms with E-state index in [1.54, 1.807) is 20.8 Å². The summed E-state index contributed by atoms with van der Waals surface area (Å²) in [6, 6.07) is -0.529. The number of imide groups is 1. The minimum absolute atomic E-state index is 0.269. The van der Waals surface area contributed by atoms with E-state index in [0.717, 1.165) is 4.90 Å². The minimum atomic E-state index is -0.913. The maximum atomic E-state index is 12.1. The van der Waals surface area contributed by atoms with Gasteiger partial charge in [0.25, 0.3) is 5.91 Å². The van der Waals surface area contributed by atoms with Crippen molar-refractivity contribution in [3.05, 3.63) is 0 Å². The molecule has 0 saturated carbocycles. The number of carbonyl (C=O) groups is 3. The zero-order valence-corrected chi connectivity index (χ0v) is 12.2. The summed E-state index contributed by atoms with van der Waals surface area (Å²) in [7, 11) is 0. The molecule has 1 aliphatic heterocycles. The number of carbonyl (C=O) groups excluding carboxylic acids is 3. The van der Waals surface area contributed by atoms with Crippen LogP contribution in [0.25, 0.3) is 0 Å². The first-order chi connectivity index (χ1) is 9.30. The molecule has 7 nitrogen and oxygen atoms in total. The van der Waals surface area contributed by atoms with Crippen LogP contribution in [0.3, 0.4) is 0 Å². The fourth-order valence-corrected chi connectivity index (χ4v) is 1.96. The Bertz CT molecular complexity index is 397. The molecule has 1 heterocycles. The van der Waals surface area contributed by atoms with Crippen molar-refractivity contribution in [2.75, 3.05) is 13.1 Å². The third-order valence-electron chi connectivity index (χ3n) is 3.47. The zero-order valence-electron chi connectivity index (χ0n) is 12.2. The summed E-state index contributed by atoms with van der Waals surface area (Å²) < 4.78 is 0. The first-order valence-corrected chi connectivity index (χ1v) is 6.89. The Morgan fingerprint density at radius 1 is 1.50 bits per heavy atom. The first-order valence-electron chi connectivity index (χ1n) is 6.89. The van der Waals surface area contributed by atoms with Gasteiger partial charge in [0.2, 0.25) is 5.91 Å². The fourth-order valence-electron chi connectivity index (χ4n) is 1.96. The third-order valence-corrected chi connectivity index (χ3v) is 3.47. The Kier molecular flexibility index (Phi) is 5.50. The third kappa shape index (κ3) is 3.93. The van der Waals surface area contributed by atoms with Crippen molar-refractivity contribution in [3.8, 4) is 0 Å². The van der Waals surface area contributed by atoms with Crippen LogP contribution in [0.5, 0.6) is 0 Å². The lowest BCUT2D eigenvalue weighted by Crippen LogP contribution is -2.44. The molecule has 2 unspecified atom stereocenters. The lowest BCUT2D eigenvalue weighted by atomic mass is 9.99. The summed E-state index contributed by atoms with van der Waals surface area (Å²) >= 11 is 0.